The van der Waals surface area contributed by atoms with Gasteiger partial charge in [0.2, 0.25) is 0 Å². The van der Waals surface area contributed by atoms with Gasteiger partial charge in [0.15, 0.2) is 0 Å². The molecule has 2 aliphatic carbocycles. The van der Waals surface area contributed by atoms with Gasteiger partial charge < -0.3 is 9.84 Å². The summed E-state index contributed by atoms with van der Waals surface area (Å²) in [6.07, 6.45) is 9.48. The molecule has 31 heavy (non-hydrogen) atoms. The van der Waals surface area contributed by atoms with E-state index in [2.05, 4.69) is 4.72 Å². The van der Waals surface area contributed by atoms with Crippen molar-refractivity contribution < 1.29 is 23.1 Å². The molecule has 1 aromatic rings. The Hall–Kier alpha value is -2.16. The maximum absolute atomic E-state index is 13.0. The van der Waals surface area contributed by atoms with E-state index in [4.69, 9.17) is 4.74 Å². The molecule has 1 aliphatic heterocycles. The minimum absolute atomic E-state index is 0.204. The number of anilines is 1. The van der Waals surface area contributed by atoms with E-state index in [-0.39, 0.29) is 17.8 Å². The summed E-state index contributed by atoms with van der Waals surface area (Å²) < 4.78 is 33.9. The Morgan fingerprint density at radius 3 is 2.71 bits per heavy atom. The van der Waals surface area contributed by atoms with Gasteiger partial charge in [0.25, 0.3) is 0 Å². The van der Waals surface area contributed by atoms with E-state index in [1.165, 1.54) is 14.1 Å². The van der Waals surface area contributed by atoms with Crippen LogP contribution in [0.1, 0.15) is 43.6 Å². The number of rotatable bonds is 6. The second-order valence-corrected chi connectivity index (χ2v) is 10.7. The molecule has 4 atom stereocenters. The van der Waals surface area contributed by atoms with Crippen LogP contribution in [0, 0.1) is 17.8 Å². The summed E-state index contributed by atoms with van der Waals surface area (Å²) in [5, 5.41) is 11.3. The first kappa shape index (κ1) is 22.0. The molecule has 7 nitrogen and oxygen atoms in total. The van der Waals surface area contributed by atoms with E-state index in [1.807, 2.05) is 18.2 Å². The highest BCUT2D eigenvalue weighted by Gasteiger charge is 2.50. The normalized spacial score (nSPS) is 27.5. The number of esters is 1. The zero-order valence-corrected chi connectivity index (χ0v) is 18.7. The molecule has 0 amide bonds. The van der Waals surface area contributed by atoms with Gasteiger partial charge in [-0.3, -0.25) is 9.52 Å². The number of carbonyl (C=O) groups excluding carboxylic acids is 1. The SMILES string of the molecule is CN(C)S(=O)(=O)Nc1cccc(C(C2CC2)C2C(=O)OC3=CC=CCCCC3C2O)c1. The van der Waals surface area contributed by atoms with Gasteiger partial charge >= 0.3 is 16.2 Å². The smallest absolute Gasteiger partial charge is 0.317 e. The third-order valence-corrected chi connectivity index (χ3v) is 7.89. The van der Waals surface area contributed by atoms with Gasteiger partial charge in [0.1, 0.15) is 5.76 Å². The van der Waals surface area contributed by atoms with Crippen molar-refractivity contribution >= 4 is 21.9 Å². The number of nitrogens with zero attached hydrogens (tertiary/aromatic N) is 1. The average molecular weight is 447 g/mol. The lowest BCUT2D eigenvalue weighted by atomic mass is 9.72. The monoisotopic (exact) mass is 446 g/mol. The van der Waals surface area contributed by atoms with Crippen molar-refractivity contribution in [3.63, 3.8) is 0 Å². The van der Waals surface area contributed by atoms with Crippen LogP contribution in [0.2, 0.25) is 0 Å². The van der Waals surface area contributed by atoms with Crippen LogP contribution in [0.3, 0.4) is 0 Å². The van der Waals surface area contributed by atoms with E-state index in [0.29, 0.717) is 11.4 Å². The Morgan fingerprint density at radius 1 is 1.23 bits per heavy atom. The molecule has 1 aromatic carbocycles. The van der Waals surface area contributed by atoms with Crippen LogP contribution in [0.5, 0.6) is 0 Å². The number of carbonyl (C=O) groups is 1. The van der Waals surface area contributed by atoms with Gasteiger partial charge in [-0.25, -0.2) is 0 Å². The molecule has 0 bridgehead atoms. The molecular formula is C23H30N2O5S. The molecule has 4 unspecified atom stereocenters. The minimum atomic E-state index is -3.64. The molecule has 8 heteroatoms. The molecule has 168 valence electrons. The molecule has 0 spiro atoms. The molecular weight excluding hydrogens is 416 g/mol. The van der Waals surface area contributed by atoms with Crippen LogP contribution < -0.4 is 4.72 Å². The van der Waals surface area contributed by atoms with Gasteiger partial charge in [0, 0.05) is 25.9 Å². The third kappa shape index (κ3) is 4.71. The molecule has 0 radical (unpaired) electrons. The van der Waals surface area contributed by atoms with E-state index in [0.717, 1.165) is 42.0 Å². The zero-order chi connectivity index (χ0) is 22.2. The molecule has 1 saturated carbocycles. The fourth-order valence-corrected chi connectivity index (χ4v) is 5.25. The molecule has 1 saturated heterocycles. The highest BCUT2D eigenvalue weighted by atomic mass is 32.2. The number of hydrogen-bond acceptors (Lipinski definition) is 5. The quantitative estimate of drug-likeness (QED) is 0.655. The number of benzene rings is 1. The van der Waals surface area contributed by atoms with Crippen molar-refractivity contribution in [1.82, 2.24) is 4.31 Å². The Kier molecular flexibility index (Phi) is 6.23. The molecule has 2 fully saturated rings. The maximum Gasteiger partial charge on any atom is 0.317 e. The highest BCUT2D eigenvalue weighted by molar-refractivity contribution is 7.90. The highest BCUT2D eigenvalue weighted by Crippen LogP contribution is 2.51. The molecule has 3 aliphatic rings. The fourth-order valence-electron chi connectivity index (χ4n) is 4.64. The standard InChI is InChI=1S/C23H30N2O5S/c1-25(2)31(28,29)24-17-9-7-8-16(14-17)20(15-12-13-15)21-22(26)18-10-5-3-4-6-11-19(18)30-23(21)27/h4,6-9,11,14-15,18,20-22,24,26H,3,5,10,12-13H2,1-2H3. The molecule has 2 N–H and O–H groups in total. The number of aliphatic hydroxyl groups excluding tert-OH is 1. The van der Waals surface area contributed by atoms with E-state index >= 15 is 0 Å². The number of ether oxygens (including phenoxy) is 1. The lowest BCUT2D eigenvalue weighted by Crippen LogP contribution is -2.45. The topological polar surface area (TPSA) is 95.9 Å². The zero-order valence-electron chi connectivity index (χ0n) is 17.9. The van der Waals surface area contributed by atoms with E-state index in [9.17, 15) is 18.3 Å². The van der Waals surface area contributed by atoms with Gasteiger partial charge in [-0.2, -0.15) is 12.7 Å². The summed E-state index contributed by atoms with van der Waals surface area (Å²) in [7, 11) is -0.717. The Balaban J connectivity index is 1.65. The van der Waals surface area contributed by atoms with Crippen molar-refractivity contribution in [2.24, 2.45) is 17.8 Å². The first-order valence-electron chi connectivity index (χ1n) is 10.8. The number of nitrogens with one attached hydrogen (secondary N) is 1. The molecule has 0 aromatic heterocycles. The first-order valence-corrected chi connectivity index (χ1v) is 12.3. The average Bonchev–Trinajstić information content (AvgIpc) is 3.51. The van der Waals surface area contributed by atoms with Crippen LogP contribution in [0.4, 0.5) is 5.69 Å². The van der Waals surface area contributed by atoms with Crippen molar-refractivity contribution in [3.8, 4) is 0 Å². The molecule has 1 heterocycles. The van der Waals surface area contributed by atoms with Crippen LogP contribution in [-0.2, 0) is 19.7 Å². The van der Waals surface area contributed by atoms with Crippen molar-refractivity contribution in [3.05, 3.63) is 53.8 Å². The summed E-state index contributed by atoms with van der Waals surface area (Å²) >= 11 is 0. The fraction of sp³-hybridized carbons (Fsp3) is 0.522. The lowest BCUT2D eigenvalue weighted by molar-refractivity contribution is -0.160. The Morgan fingerprint density at radius 2 is 2.00 bits per heavy atom. The summed E-state index contributed by atoms with van der Waals surface area (Å²) in [5.41, 5.74) is 1.29. The van der Waals surface area contributed by atoms with Gasteiger partial charge in [-0.1, -0.05) is 24.3 Å². The van der Waals surface area contributed by atoms with Gasteiger partial charge in [0.05, 0.1) is 17.7 Å². The second-order valence-electron chi connectivity index (χ2n) is 8.85. The van der Waals surface area contributed by atoms with E-state index < -0.39 is 28.2 Å². The first-order chi connectivity index (χ1) is 14.8. The Bertz CT molecular complexity index is 997. The van der Waals surface area contributed by atoms with Crippen LogP contribution in [-0.4, -0.2) is 44.0 Å². The number of allylic oxidation sites excluding steroid dienone is 3. The number of hydrogen-bond donors (Lipinski definition) is 2. The third-order valence-electron chi connectivity index (χ3n) is 6.43. The Labute approximate surface area is 184 Å². The van der Waals surface area contributed by atoms with Crippen molar-refractivity contribution in [2.75, 3.05) is 18.8 Å². The summed E-state index contributed by atoms with van der Waals surface area (Å²) in [5.74, 6) is -0.671. The minimum Gasteiger partial charge on any atom is -0.430 e. The number of aliphatic hydroxyl groups is 1. The van der Waals surface area contributed by atoms with Crippen LogP contribution in [0.25, 0.3) is 0 Å². The molecule has 4 rings (SSSR count). The van der Waals surface area contributed by atoms with Crippen LogP contribution in [0.15, 0.2) is 48.3 Å². The predicted octanol–water partition coefficient (Wildman–Crippen LogP) is 3.17. The van der Waals surface area contributed by atoms with E-state index in [1.54, 1.807) is 24.3 Å². The number of fused-ring (bicyclic) bond motifs is 1. The van der Waals surface area contributed by atoms with Crippen molar-refractivity contribution in [2.45, 2.75) is 44.1 Å². The second kappa shape index (κ2) is 8.76. The van der Waals surface area contributed by atoms with Crippen molar-refractivity contribution in [1.29, 1.82) is 0 Å². The summed E-state index contributed by atoms with van der Waals surface area (Å²) in [4.78, 5) is 13.0. The predicted molar refractivity (Wildman–Crippen MR) is 118 cm³/mol. The largest absolute Gasteiger partial charge is 0.430 e. The lowest BCUT2D eigenvalue weighted by Gasteiger charge is -2.39. The van der Waals surface area contributed by atoms with Crippen LogP contribution >= 0.6 is 0 Å². The summed E-state index contributed by atoms with van der Waals surface area (Å²) in [6.45, 7) is 0. The maximum atomic E-state index is 13.0. The van der Waals surface area contributed by atoms with Gasteiger partial charge in [-0.05, 0) is 61.8 Å². The van der Waals surface area contributed by atoms with Gasteiger partial charge in [-0.15, -0.1) is 0 Å². The summed E-state index contributed by atoms with van der Waals surface area (Å²) in [6, 6.07) is 7.15.